The molecule has 0 bridgehead atoms. The van der Waals surface area contributed by atoms with Crippen LogP contribution in [0.2, 0.25) is 0 Å². The van der Waals surface area contributed by atoms with Gasteiger partial charge in [0, 0.05) is 29.9 Å². The normalized spacial score (nSPS) is 15.3. The molecule has 194 valence electrons. The molecule has 0 radical (unpaired) electrons. The van der Waals surface area contributed by atoms with E-state index in [0.29, 0.717) is 12.0 Å². The minimum Gasteiger partial charge on any atom is -0.465 e. The summed E-state index contributed by atoms with van der Waals surface area (Å²) in [5.74, 6) is 0.566. The van der Waals surface area contributed by atoms with Crippen LogP contribution in [0.1, 0.15) is 60.4 Å². The molecule has 3 aromatic carbocycles. The summed E-state index contributed by atoms with van der Waals surface area (Å²) in [5.41, 5.74) is 10.7. The molecule has 4 aromatic rings. The molecule has 2 heterocycles. The van der Waals surface area contributed by atoms with Crippen molar-refractivity contribution < 1.29 is 14.3 Å². The number of amides is 1. The zero-order chi connectivity index (χ0) is 26.8. The Morgan fingerprint density at radius 2 is 1.79 bits per heavy atom. The van der Waals surface area contributed by atoms with E-state index in [9.17, 15) is 9.59 Å². The Balaban J connectivity index is 1.74. The van der Waals surface area contributed by atoms with Gasteiger partial charge < -0.3 is 4.74 Å². The van der Waals surface area contributed by atoms with Gasteiger partial charge in [0.15, 0.2) is 0 Å². The predicted octanol–water partition coefficient (Wildman–Crippen LogP) is 5.99. The number of nitrogens with zero attached hydrogens (tertiary/aromatic N) is 3. The first-order valence-electron chi connectivity index (χ1n) is 13.1. The van der Waals surface area contributed by atoms with Crippen LogP contribution in [0.15, 0.2) is 65.8 Å². The lowest BCUT2D eigenvalue weighted by atomic mass is 9.91. The van der Waals surface area contributed by atoms with E-state index in [2.05, 4.69) is 47.1 Å². The fourth-order valence-electron chi connectivity index (χ4n) is 5.26. The second kappa shape index (κ2) is 10.6. The topological polar surface area (TPSA) is 85.6 Å². The van der Waals surface area contributed by atoms with E-state index < -0.39 is 0 Å². The van der Waals surface area contributed by atoms with Crippen molar-refractivity contribution in [3.05, 3.63) is 83.2 Å². The lowest BCUT2D eigenvalue weighted by Gasteiger charge is -2.21. The van der Waals surface area contributed by atoms with Gasteiger partial charge in [0.05, 0.1) is 35.1 Å². The Morgan fingerprint density at radius 3 is 2.53 bits per heavy atom. The van der Waals surface area contributed by atoms with Crippen molar-refractivity contribution in [1.29, 1.82) is 0 Å². The number of nitrogens with one attached hydrogen (secondary N) is 1. The highest BCUT2D eigenvalue weighted by Crippen LogP contribution is 2.35. The average Bonchev–Trinajstić information content (AvgIpc) is 3.31. The molecule has 5 rings (SSSR count). The molecule has 1 atom stereocenters. The van der Waals surface area contributed by atoms with Gasteiger partial charge in [-0.2, -0.15) is 5.10 Å². The zero-order valence-corrected chi connectivity index (χ0v) is 22.2. The van der Waals surface area contributed by atoms with Crippen molar-refractivity contribution in [2.45, 2.75) is 46.5 Å². The first-order valence-corrected chi connectivity index (χ1v) is 13.1. The summed E-state index contributed by atoms with van der Waals surface area (Å²) in [6.45, 7) is 6.28. The zero-order valence-electron chi connectivity index (χ0n) is 22.2. The molecule has 38 heavy (non-hydrogen) atoms. The van der Waals surface area contributed by atoms with E-state index in [0.717, 1.165) is 69.8 Å². The summed E-state index contributed by atoms with van der Waals surface area (Å²) in [5, 5.41) is 4.39. The highest BCUT2D eigenvalue weighted by molar-refractivity contribution is 6.09. The number of para-hydroxylation sites is 1. The van der Waals surface area contributed by atoms with E-state index in [1.807, 2.05) is 43.3 Å². The predicted molar refractivity (Wildman–Crippen MR) is 150 cm³/mol. The first kappa shape index (κ1) is 25.4. The number of unbranched alkanes of at least 4 members (excludes halogenated alkanes) is 1. The third-order valence-corrected chi connectivity index (χ3v) is 7.21. The van der Waals surface area contributed by atoms with Gasteiger partial charge in [-0.1, -0.05) is 62.7 Å². The first-order chi connectivity index (χ1) is 18.4. The Morgan fingerprint density at radius 1 is 1.05 bits per heavy atom. The minimum atomic E-state index is -0.368. The molecule has 0 saturated heterocycles. The van der Waals surface area contributed by atoms with Crippen LogP contribution in [0.3, 0.4) is 0 Å². The lowest BCUT2D eigenvalue weighted by molar-refractivity contribution is -0.121. The maximum absolute atomic E-state index is 12.6. The number of imidazole rings is 1. The number of aromatic nitrogens is 2. The SMILES string of the molecule is CCCCc1nc2c(C)c(C3=NNC(=O)CC3C)ccc2n1-c1ccccc1-c1ccccc1C(=O)OC. The number of carbonyl (C=O) groups is 2. The van der Waals surface area contributed by atoms with Crippen LogP contribution in [0.4, 0.5) is 0 Å². The van der Waals surface area contributed by atoms with Crippen LogP contribution in [-0.2, 0) is 16.0 Å². The van der Waals surface area contributed by atoms with Crippen LogP contribution in [0.5, 0.6) is 0 Å². The summed E-state index contributed by atoms with van der Waals surface area (Å²) in [6, 6.07) is 19.8. The average molecular weight is 509 g/mol. The molecule has 7 nitrogen and oxygen atoms in total. The third-order valence-electron chi connectivity index (χ3n) is 7.21. The van der Waals surface area contributed by atoms with Gasteiger partial charge in [-0.3, -0.25) is 9.36 Å². The Bertz CT molecular complexity index is 1570. The van der Waals surface area contributed by atoms with Crippen LogP contribution < -0.4 is 5.43 Å². The molecule has 0 fully saturated rings. The number of benzene rings is 3. The molecule has 1 N–H and O–H groups in total. The summed E-state index contributed by atoms with van der Waals surface area (Å²) >= 11 is 0. The van der Waals surface area contributed by atoms with E-state index in [1.165, 1.54) is 7.11 Å². The number of hydrogen-bond donors (Lipinski definition) is 1. The molecular weight excluding hydrogens is 476 g/mol. The van der Waals surface area contributed by atoms with E-state index in [1.54, 1.807) is 6.07 Å². The molecule has 1 unspecified atom stereocenters. The van der Waals surface area contributed by atoms with Gasteiger partial charge in [-0.05, 0) is 42.7 Å². The molecule has 1 amide bonds. The smallest absolute Gasteiger partial charge is 0.338 e. The number of ether oxygens (including phenoxy) is 1. The molecule has 1 aliphatic heterocycles. The van der Waals surface area contributed by atoms with Crippen molar-refractivity contribution in [1.82, 2.24) is 15.0 Å². The monoisotopic (exact) mass is 508 g/mol. The summed E-state index contributed by atoms with van der Waals surface area (Å²) in [7, 11) is 1.40. The van der Waals surface area contributed by atoms with Crippen molar-refractivity contribution >= 4 is 28.6 Å². The Kier molecular flexibility index (Phi) is 7.09. The van der Waals surface area contributed by atoms with Crippen LogP contribution in [0.25, 0.3) is 27.8 Å². The quantitative estimate of drug-likeness (QED) is 0.311. The van der Waals surface area contributed by atoms with Gasteiger partial charge in [-0.25, -0.2) is 15.2 Å². The molecular formula is C31H32N4O3. The van der Waals surface area contributed by atoms with Gasteiger partial charge >= 0.3 is 5.97 Å². The second-order valence-corrected chi connectivity index (χ2v) is 9.76. The number of rotatable bonds is 7. The van der Waals surface area contributed by atoms with Gasteiger partial charge in [0.25, 0.3) is 0 Å². The minimum absolute atomic E-state index is 0.0251. The van der Waals surface area contributed by atoms with E-state index in [4.69, 9.17) is 9.72 Å². The standard InChI is InChI=1S/C31H32N4O3/c1-5-6-15-27-32-30-20(3)21(29-19(2)18-28(36)33-34-29)16-17-26(30)35(27)25-14-10-9-12-23(25)22-11-7-8-13-24(22)31(37)38-4/h7-14,16-17,19H,5-6,15,18H2,1-4H3,(H,33,36). The second-order valence-electron chi connectivity index (χ2n) is 9.76. The molecule has 0 aliphatic carbocycles. The molecule has 0 spiro atoms. The Hall–Kier alpha value is -4.26. The maximum atomic E-state index is 12.6. The van der Waals surface area contributed by atoms with Crippen molar-refractivity contribution in [3.63, 3.8) is 0 Å². The van der Waals surface area contributed by atoms with E-state index in [-0.39, 0.29) is 17.8 Å². The summed E-state index contributed by atoms with van der Waals surface area (Å²) in [6.07, 6.45) is 3.29. The highest BCUT2D eigenvalue weighted by Gasteiger charge is 2.26. The van der Waals surface area contributed by atoms with E-state index >= 15 is 0 Å². The fourth-order valence-corrected chi connectivity index (χ4v) is 5.26. The van der Waals surface area contributed by atoms with Crippen molar-refractivity contribution in [3.8, 4) is 16.8 Å². The largest absolute Gasteiger partial charge is 0.465 e. The molecule has 0 saturated carbocycles. The summed E-state index contributed by atoms with van der Waals surface area (Å²) in [4.78, 5) is 29.6. The third kappa shape index (κ3) is 4.49. The lowest BCUT2D eigenvalue weighted by Crippen LogP contribution is -2.32. The van der Waals surface area contributed by atoms with Crippen molar-refractivity contribution in [2.75, 3.05) is 7.11 Å². The van der Waals surface area contributed by atoms with Crippen LogP contribution in [-0.4, -0.2) is 34.2 Å². The number of carbonyl (C=O) groups excluding carboxylic acids is 2. The summed E-state index contributed by atoms with van der Waals surface area (Å²) < 4.78 is 7.30. The maximum Gasteiger partial charge on any atom is 0.338 e. The van der Waals surface area contributed by atoms with Crippen LogP contribution in [0, 0.1) is 12.8 Å². The highest BCUT2D eigenvalue weighted by atomic mass is 16.5. The Labute approximate surface area is 222 Å². The van der Waals surface area contributed by atoms with Gasteiger partial charge in [-0.15, -0.1) is 0 Å². The number of hydrazone groups is 1. The van der Waals surface area contributed by atoms with Gasteiger partial charge in [0.2, 0.25) is 5.91 Å². The number of fused-ring (bicyclic) bond motifs is 1. The fraction of sp³-hybridized carbons (Fsp3) is 0.290. The number of esters is 1. The van der Waals surface area contributed by atoms with Gasteiger partial charge in [0.1, 0.15) is 5.82 Å². The molecule has 1 aromatic heterocycles. The number of aryl methyl sites for hydroxylation is 2. The van der Waals surface area contributed by atoms with Crippen LogP contribution >= 0.6 is 0 Å². The number of methoxy groups -OCH3 is 1. The molecule has 7 heteroatoms. The molecule has 1 aliphatic rings. The van der Waals surface area contributed by atoms with Crippen molar-refractivity contribution in [2.24, 2.45) is 11.0 Å². The number of hydrogen-bond acceptors (Lipinski definition) is 5.